The molecule has 0 radical (unpaired) electrons. The zero-order valence-corrected chi connectivity index (χ0v) is 13.2. The molecular formula is C18H25N3O. The van der Waals surface area contributed by atoms with Crippen LogP contribution < -0.4 is 10.6 Å². The Morgan fingerprint density at radius 3 is 3.14 bits per heavy atom. The fraction of sp³-hybridized carbons (Fsp3) is 0.500. The summed E-state index contributed by atoms with van der Waals surface area (Å²) in [5.74, 6) is 0.866. The van der Waals surface area contributed by atoms with Crippen LogP contribution in [0.3, 0.4) is 0 Å². The number of carbonyl (C=O) groups excluding carboxylic acids is 1. The van der Waals surface area contributed by atoms with Gasteiger partial charge in [-0.2, -0.15) is 0 Å². The molecule has 0 bridgehead atoms. The molecule has 1 amide bonds. The Morgan fingerprint density at radius 1 is 1.41 bits per heavy atom. The average molecular weight is 299 g/mol. The summed E-state index contributed by atoms with van der Waals surface area (Å²) in [6.07, 6.45) is 5.81. The van der Waals surface area contributed by atoms with Crippen molar-refractivity contribution in [1.29, 1.82) is 0 Å². The summed E-state index contributed by atoms with van der Waals surface area (Å²) < 4.78 is 0. The topological polar surface area (TPSA) is 56.9 Å². The maximum absolute atomic E-state index is 11.9. The molecule has 1 fully saturated rings. The number of aromatic nitrogens is 1. The van der Waals surface area contributed by atoms with Crippen LogP contribution in [0.15, 0.2) is 24.4 Å². The predicted octanol–water partition coefficient (Wildman–Crippen LogP) is 2.52. The summed E-state index contributed by atoms with van der Waals surface area (Å²) >= 11 is 0. The molecule has 1 aromatic carbocycles. The maximum atomic E-state index is 11.9. The summed E-state index contributed by atoms with van der Waals surface area (Å²) in [6.45, 7) is 5.00. The van der Waals surface area contributed by atoms with Crippen molar-refractivity contribution in [2.75, 3.05) is 19.6 Å². The second-order valence-electron chi connectivity index (χ2n) is 6.31. The van der Waals surface area contributed by atoms with E-state index in [2.05, 4.69) is 46.9 Å². The number of aromatic amines is 1. The van der Waals surface area contributed by atoms with Crippen molar-refractivity contribution in [1.82, 2.24) is 15.6 Å². The molecule has 118 valence electrons. The van der Waals surface area contributed by atoms with Crippen molar-refractivity contribution >= 4 is 16.8 Å². The quantitative estimate of drug-likeness (QED) is 0.767. The fourth-order valence-electron chi connectivity index (χ4n) is 3.29. The van der Waals surface area contributed by atoms with Crippen LogP contribution >= 0.6 is 0 Å². The van der Waals surface area contributed by atoms with Gasteiger partial charge in [-0.1, -0.05) is 18.2 Å². The van der Waals surface area contributed by atoms with Crippen molar-refractivity contribution in [3.63, 3.8) is 0 Å². The Kier molecular flexibility index (Phi) is 4.78. The lowest BCUT2D eigenvalue weighted by atomic mass is 10.0. The molecule has 1 aliphatic heterocycles. The largest absolute Gasteiger partial charge is 0.361 e. The van der Waals surface area contributed by atoms with Gasteiger partial charge in [0.15, 0.2) is 0 Å². The van der Waals surface area contributed by atoms with E-state index in [9.17, 15) is 4.79 Å². The summed E-state index contributed by atoms with van der Waals surface area (Å²) in [6, 6.07) is 6.34. The van der Waals surface area contributed by atoms with Crippen LogP contribution in [-0.4, -0.2) is 30.5 Å². The van der Waals surface area contributed by atoms with E-state index in [4.69, 9.17) is 0 Å². The molecule has 3 rings (SSSR count). The number of nitrogens with one attached hydrogen (secondary N) is 3. The first-order valence-corrected chi connectivity index (χ1v) is 8.27. The number of benzene rings is 1. The van der Waals surface area contributed by atoms with E-state index < -0.39 is 0 Å². The summed E-state index contributed by atoms with van der Waals surface area (Å²) in [5.41, 5.74) is 3.74. The molecule has 2 aromatic rings. The minimum atomic E-state index is 0.183. The Balaban J connectivity index is 1.45. The van der Waals surface area contributed by atoms with E-state index in [0.29, 0.717) is 18.9 Å². The van der Waals surface area contributed by atoms with Crippen LogP contribution in [0, 0.1) is 12.8 Å². The average Bonchev–Trinajstić information content (AvgIpc) is 3.16. The molecule has 1 aromatic heterocycles. The van der Waals surface area contributed by atoms with E-state index in [1.165, 1.54) is 28.5 Å². The number of para-hydroxylation sites is 1. The minimum absolute atomic E-state index is 0.183. The lowest BCUT2D eigenvalue weighted by molar-refractivity contribution is -0.121. The predicted molar refractivity (Wildman–Crippen MR) is 90.0 cm³/mol. The van der Waals surface area contributed by atoms with Crippen molar-refractivity contribution in [2.24, 2.45) is 5.92 Å². The third kappa shape index (κ3) is 3.50. The van der Waals surface area contributed by atoms with Gasteiger partial charge in [0, 0.05) is 30.1 Å². The first kappa shape index (κ1) is 15.1. The Bertz CT molecular complexity index is 641. The Labute approximate surface area is 131 Å². The minimum Gasteiger partial charge on any atom is -0.361 e. The molecule has 22 heavy (non-hydrogen) atoms. The highest BCUT2D eigenvalue weighted by atomic mass is 16.1. The van der Waals surface area contributed by atoms with Crippen LogP contribution in [-0.2, 0) is 11.2 Å². The monoisotopic (exact) mass is 299 g/mol. The normalized spacial score (nSPS) is 18.0. The number of hydrogen-bond acceptors (Lipinski definition) is 2. The molecular weight excluding hydrogens is 274 g/mol. The van der Waals surface area contributed by atoms with Crippen LogP contribution in [0.5, 0.6) is 0 Å². The molecule has 1 atom stereocenters. The number of amides is 1. The Morgan fingerprint density at radius 2 is 2.32 bits per heavy atom. The molecule has 4 heteroatoms. The molecule has 2 heterocycles. The number of H-pyrrole nitrogens is 1. The zero-order valence-electron chi connectivity index (χ0n) is 13.2. The molecule has 1 aliphatic rings. The maximum Gasteiger partial charge on any atom is 0.220 e. The molecule has 0 aliphatic carbocycles. The fourth-order valence-corrected chi connectivity index (χ4v) is 3.29. The molecule has 0 saturated carbocycles. The van der Waals surface area contributed by atoms with Gasteiger partial charge in [0.2, 0.25) is 5.91 Å². The van der Waals surface area contributed by atoms with Gasteiger partial charge in [-0.3, -0.25) is 4.79 Å². The van der Waals surface area contributed by atoms with E-state index in [-0.39, 0.29) is 5.91 Å². The second kappa shape index (κ2) is 6.97. The lowest BCUT2D eigenvalue weighted by Crippen LogP contribution is -2.26. The number of carbonyl (C=O) groups is 1. The first-order valence-electron chi connectivity index (χ1n) is 8.27. The summed E-state index contributed by atoms with van der Waals surface area (Å²) in [5, 5.41) is 7.66. The van der Waals surface area contributed by atoms with Gasteiger partial charge in [-0.15, -0.1) is 0 Å². The van der Waals surface area contributed by atoms with Crippen molar-refractivity contribution < 1.29 is 4.79 Å². The first-order chi connectivity index (χ1) is 10.7. The van der Waals surface area contributed by atoms with Crippen LogP contribution in [0.4, 0.5) is 0 Å². The molecule has 3 N–H and O–H groups in total. The van der Waals surface area contributed by atoms with Crippen molar-refractivity contribution in [2.45, 2.75) is 32.6 Å². The van der Waals surface area contributed by atoms with Crippen LogP contribution in [0.25, 0.3) is 10.9 Å². The lowest BCUT2D eigenvalue weighted by Gasteiger charge is -2.08. The highest BCUT2D eigenvalue weighted by molar-refractivity contribution is 5.86. The van der Waals surface area contributed by atoms with E-state index >= 15 is 0 Å². The molecule has 4 nitrogen and oxygen atoms in total. The van der Waals surface area contributed by atoms with Gasteiger partial charge in [0.1, 0.15) is 0 Å². The van der Waals surface area contributed by atoms with Gasteiger partial charge in [0.25, 0.3) is 0 Å². The second-order valence-corrected chi connectivity index (χ2v) is 6.31. The highest BCUT2D eigenvalue weighted by Gasteiger charge is 2.15. The number of aryl methyl sites for hydroxylation is 1. The summed E-state index contributed by atoms with van der Waals surface area (Å²) in [7, 11) is 0. The van der Waals surface area contributed by atoms with Crippen LogP contribution in [0.2, 0.25) is 0 Å². The van der Waals surface area contributed by atoms with E-state index in [0.717, 1.165) is 25.9 Å². The van der Waals surface area contributed by atoms with Gasteiger partial charge < -0.3 is 15.6 Å². The molecule has 1 saturated heterocycles. The molecule has 0 spiro atoms. The number of rotatable bonds is 6. The van der Waals surface area contributed by atoms with Gasteiger partial charge in [-0.05, 0) is 56.3 Å². The number of hydrogen-bond donors (Lipinski definition) is 3. The van der Waals surface area contributed by atoms with Gasteiger partial charge in [-0.25, -0.2) is 0 Å². The Hall–Kier alpha value is -1.81. The van der Waals surface area contributed by atoms with Crippen molar-refractivity contribution in [3.8, 4) is 0 Å². The third-order valence-electron chi connectivity index (χ3n) is 4.67. The van der Waals surface area contributed by atoms with E-state index in [1.54, 1.807) is 0 Å². The van der Waals surface area contributed by atoms with Crippen LogP contribution in [0.1, 0.15) is 30.4 Å². The van der Waals surface area contributed by atoms with Crippen molar-refractivity contribution in [3.05, 3.63) is 35.5 Å². The van der Waals surface area contributed by atoms with Gasteiger partial charge in [0.05, 0.1) is 0 Å². The van der Waals surface area contributed by atoms with Gasteiger partial charge >= 0.3 is 0 Å². The summed E-state index contributed by atoms with van der Waals surface area (Å²) in [4.78, 5) is 15.2. The SMILES string of the molecule is Cc1cccc2c(CCNC(=O)CCC3CCNC3)c[nH]c12. The number of fused-ring (bicyclic) bond motifs is 1. The molecule has 1 unspecified atom stereocenters. The smallest absolute Gasteiger partial charge is 0.220 e. The zero-order chi connectivity index (χ0) is 15.4. The third-order valence-corrected chi connectivity index (χ3v) is 4.67. The standard InChI is InChI=1S/C18H25N3O/c1-13-3-2-4-16-15(12-21-18(13)16)8-10-20-17(22)6-5-14-7-9-19-11-14/h2-4,12,14,19,21H,5-11H2,1H3,(H,20,22). The van der Waals surface area contributed by atoms with E-state index in [1.807, 2.05) is 0 Å². The highest BCUT2D eigenvalue weighted by Crippen LogP contribution is 2.21.